The lowest BCUT2D eigenvalue weighted by atomic mass is 10.0. The monoisotopic (exact) mass is 572 g/mol. The van der Waals surface area contributed by atoms with Gasteiger partial charge in [0, 0.05) is 6.54 Å². The summed E-state index contributed by atoms with van der Waals surface area (Å²) >= 11 is 0. The number of ether oxygens (including phenoxy) is 1. The molecule has 1 amide bonds. The molecule has 0 saturated carbocycles. The molecule has 0 radical (unpaired) electrons. The number of unbranched alkanes of at least 4 members (excludes halogenated alkanes) is 27. The molecule has 0 heterocycles. The van der Waals surface area contributed by atoms with Gasteiger partial charge in [-0.2, -0.15) is 0 Å². The minimum atomic E-state index is -0.307. The number of rotatable bonds is 31. The van der Waals surface area contributed by atoms with Crippen molar-refractivity contribution in [2.24, 2.45) is 0 Å². The van der Waals surface area contributed by atoms with E-state index < -0.39 is 0 Å². The summed E-state index contributed by atoms with van der Waals surface area (Å²) in [6, 6.07) is 9.82. The number of alkyl carbamates (subject to hydrolysis) is 1. The van der Waals surface area contributed by atoms with Crippen LogP contribution in [0, 0.1) is 0 Å². The fourth-order valence-corrected chi connectivity index (χ4v) is 5.76. The smallest absolute Gasteiger partial charge is 0.407 e. The first-order chi connectivity index (χ1) is 20.3. The average molecular weight is 572 g/mol. The Morgan fingerprint density at radius 2 is 0.805 bits per heavy atom. The minimum absolute atomic E-state index is 0.307. The van der Waals surface area contributed by atoms with Crippen LogP contribution in [0.5, 0.6) is 0 Å². The Morgan fingerprint density at radius 1 is 0.488 bits per heavy atom. The Morgan fingerprint density at radius 3 is 1.15 bits per heavy atom. The van der Waals surface area contributed by atoms with Crippen LogP contribution in [0.2, 0.25) is 0 Å². The summed E-state index contributed by atoms with van der Waals surface area (Å²) in [5.41, 5.74) is 1.02. The van der Waals surface area contributed by atoms with Crippen LogP contribution in [-0.4, -0.2) is 12.6 Å². The second kappa shape index (κ2) is 31.4. The van der Waals surface area contributed by atoms with Crippen molar-refractivity contribution < 1.29 is 9.53 Å². The summed E-state index contributed by atoms with van der Waals surface area (Å²) in [6.45, 7) is 3.36. The molecule has 41 heavy (non-hydrogen) atoms. The number of carbonyl (C=O) groups is 1. The normalized spacial score (nSPS) is 11.1. The number of hydrogen-bond acceptors (Lipinski definition) is 2. The molecule has 0 aromatic heterocycles. The standard InChI is InChI=1S/C38H69NO2/c1-2-3-4-5-6-7-8-9-10-11-12-13-14-15-16-17-18-19-20-21-22-23-24-25-26-27-28-32-35-39-38(40)41-36-37-33-30-29-31-34-37/h29-31,33-34H,2-28,32,35-36H2,1H3,(H,39,40). The van der Waals surface area contributed by atoms with E-state index in [2.05, 4.69) is 12.2 Å². The van der Waals surface area contributed by atoms with Crippen molar-refractivity contribution in [2.45, 2.75) is 193 Å². The van der Waals surface area contributed by atoms with Crippen LogP contribution in [0.1, 0.15) is 192 Å². The van der Waals surface area contributed by atoms with E-state index in [1.54, 1.807) is 0 Å². The molecule has 238 valence electrons. The third-order valence-electron chi connectivity index (χ3n) is 8.51. The first-order valence-corrected chi connectivity index (χ1v) is 18.3. The maximum atomic E-state index is 11.7. The first kappa shape index (κ1) is 37.5. The maximum Gasteiger partial charge on any atom is 0.407 e. The first-order valence-electron chi connectivity index (χ1n) is 18.3. The Bertz CT molecular complexity index is 647. The molecular formula is C38H69NO2. The van der Waals surface area contributed by atoms with E-state index in [0.717, 1.165) is 12.0 Å². The van der Waals surface area contributed by atoms with Crippen LogP contribution in [-0.2, 0) is 11.3 Å². The highest BCUT2D eigenvalue weighted by atomic mass is 16.5. The molecule has 1 aromatic carbocycles. The quantitative estimate of drug-likeness (QED) is 0.0900. The van der Waals surface area contributed by atoms with Gasteiger partial charge in [-0.15, -0.1) is 0 Å². The summed E-state index contributed by atoms with van der Waals surface area (Å²) in [6.07, 6.45) is 39.3. The molecular weight excluding hydrogens is 502 g/mol. The van der Waals surface area contributed by atoms with Gasteiger partial charge in [-0.3, -0.25) is 0 Å². The van der Waals surface area contributed by atoms with Crippen molar-refractivity contribution in [3.05, 3.63) is 35.9 Å². The van der Waals surface area contributed by atoms with E-state index in [4.69, 9.17) is 4.74 Å². The Hall–Kier alpha value is -1.51. The van der Waals surface area contributed by atoms with Crippen LogP contribution in [0.3, 0.4) is 0 Å². The van der Waals surface area contributed by atoms with E-state index in [-0.39, 0.29) is 6.09 Å². The second-order valence-electron chi connectivity index (χ2n) is 12.5. The highest BCUT2D eigenvalue weighted by Crippen LogP contribution is 2.16. The fourth-order valence-electron chi connectivity index (χ4n) is 5.76. The van der Waals surface area contributed by atoms with Gasteiger partial charge in [-0.1, -0.05) is 211 Å². The lowest BCUT2D eigenvalue weighted by molar-refractivity contribution is 0.139. The topological polar surface area (TPSA) is 38.3 Å². The summed E-state index contributed by atoms with van der Waals surface area (Å²) in [5.74, 6) is 0. The van der Waals surface area contributed by atoms with Crippen LogP contribution in [0.25, 0.3) is 0 Å². The zero-order chi connectivity index (χ0) is 29.3. The van der Waals surface area contributed by atoms with Crippen molar-refractivity contribution in [3.63, 3.8) is 0 Å². The molecule has 3 heteroatoms. The number of hydrogen-bond donors (Lipinski definition) is 1. The number of benzene rings is 1. The van der Waals surface area contributed by atoms with Crippen molar-refractivity contribution in [1.29, 1.82) is 0 Å². The van der Waals surface area contributed by atoms with Gasteiger partial charge < -0.3 is 10.1 Å². The number of amides is 1. The summed E-state index contributed by atoms with van der Waals surface area (Å²) in [7, 11) is 0. The molecule has 3 nitrogen and oxygen atoms in total. The highest BCUT2D eigenvalue weighted by Gasteiger charge is 2.02. The molecule has 0 aliphatic rings. The van der Waals surface area contributed by atoms with E-state index in [1.807, 2.05) is 30.3 Å². The molecule has 0 aliphatic carbocycles. The zero-order valence-electron chi connectivity index (χ0n) is 27.4. The Labute approximate surface area is 256 Å². The fraction of sp³-hybridized carbons (Fsp3) is 0.816. The molecule has 1 rings (SSSR count). The predicted octanol–water partition coefficient (Wildman–Crippen LogP) is 12.9. The van der Waals surface area contributed by atoms with Crippen LogP contribution in [0.15, 0.2) is 30.3 Å². The highest BCUT2D eigenvalue weighted by molar-refractivity contribution is 5.67. The van der Waals surface area contributed by atoms with Crippen LogP contribution in [0.4, 0.5) is 4.79 Å². The number of carbonyl (C=O) groups excluding carboxylic acids is 1. The van der Waals surface area contributed by atoms with Gasteiger partial charge in [0.1, 0.15) is 6.61 Å². The van der Waals surface area contributed by atoms with Crippen molar-refractivity contribution in [3.8, 4) is 0 Å². The molecule has 1 N–H and O–H groups in total. The lowest BCUT2D eigenvalue weighted by Gasteiger charge is -2.07. The minimum Gasteiger partial charge on any atom is -0.445 e. The molecule has 0 atom stereocenters. The third-order valence-corrected chi connectivity index (χ3v) is 8.51. The largest absolute Gasteiger partial charge is 0.445 e. The molecule has 1 aromatic rings. The lowest BCUT2D eigenvalue weighted by Crippen LogP contribution is -2.25. The molecule has 0 bridgehead atoms. The maximum absolute atomic E-state index is 11.7. The van der Waals surface area contributed by atoms with Gasteiger partial charge in [0.2, 0.25) is 0 Å². The van der Waals surface area contributed by atoms with E-state index in [9.17, 15) is 4.79 Å². The van der Waals surface area contributed by atoms with Gasteiger partial charge in [0.25, 0.3) is 0 Å². The number of nitrogens with one attached hydrogen (secondary N) is 1. The molecule has 0 fully saturated rings. The Kier molecular flexibility index (Phi) is 28.8. The van der Waals surface area contributed by atoms with Crippen molar-refractivity contribution >= 4 is 6.09 Å². The molecule has 0 aliphatic heterocycles. The Balaban J connectivity index is 1.65. The second-order valence-corrected chi connectivity index (χ2v) is 12.5. The van der Waals surface area contributed by atoms with Crippen LogP contribution < -0.4 is 5.32 Å². The van der Waals surface area contributed by atoms with Gasteiger partial charge in [-0.25, -0.2) is 4.79 Å². The van der Waals surface area contributed by atoms with Gasteiger partial charge in [-0.05, 0) is 12.0 Å². The van der Waals surface area contributed by atoms with Gasteiger partial charge in [0.15, 0.2) is 0 Å². The van der Waals surface area contributed by atoms with Gasteiger partial charge >= 0.3 is 6.09 Å². The van der Waals surface area contributed by atoms with Crippen molar-refractivity contribution in [2.75, 3.05) is 6.54 Å². The predicted molar refractivity (Wildman–Crippen MR) is 180 cm³/mol. The summed E-state index contributed by atoms with van der Waals surface area (Å²) in [4.78, 5) is 11.7. The van der Waals surface area contributed by atoms with E-state index in [1.165, 1.54) is 173 Å². The summed E-state index contributed by atoms with van der Waals surface area (Å²) < 4.78 is 5.24. The van der Waals surface area contributed by atoms with E-state index >= 15 is 0 Å². The molecule has 0 spiro atoms. The van der Waals surface area contributed by atoms with Crippen LogP contribution >= 0.6 is 0 Å². The van der Waals surface area contributed by atoms with E-state index in [0.29, 0.717) is 13.2 Å². The molecule has 0 unspecified atom stereocenters. The third kappa shape index (κ3) is 28.4. The summed E-state index contributed by atoms with van der Waals surface area (Å²) in [5, 5.41) is 2.86. The SMILES string of the molecule is CCCCCCCCCCCCCCCCCCCCCCCCCCCCCCNC(=O)OCc1ccccc1. The average Bonchev–Trinajstić information content (AvgIpc) is 2.99. The molecule has 0 saturated heterocycles. The van der Waals surface area contributed by atoms with Gasteiger partial charge in [0.05, 0.1) is 0 Å². The van der Waals surface area contributed by atoms with Crippen molar-refractivity contribution in [1.82, 2.24) is 5.32 Å². The zero-order valence-corrected chi connectivity index (χ0v) is 27.4.